The Labute approximate surface area is 156 Å². The Hall–Kier alpha value is -1.67. The van der Waals surface area contributed by atoms with Gasteiger partial charge in [-0.1, -0.05) is 34.8 Å². The number of anilines is 2. The molecule has 1 aromatic carbocycles. The maximum Gasteiger partial charge on any atom is 0.257 e. The quantitative estimate of drug-likeness (QED) is 0.434. The van der Waals surface area contributed by atoms with Gasteiger partial charge in [0.25, 0.3) is 5.91 Å². The SMILES string of the molecule is O=C(CC(=O)c1cc(Cl)ccc1NC(=O)C(Cl)Cl)Nc1nccs1. The standard InChI is InChI=1S/C14H10Cl3N3O3S/c15-7-1-2-9(19-13(23)12(16)17)8(5-7)10(21)6-11(22)20-14-18-3-4-24-14/h1-5,12H,6H2,(H,19,23)(H,18,20,22). The molecule has 0 spiro atoms. The molecule has 6 nitrogen and oxygen atoms in total. The molecule has 0 saturated carbocycles. The summed E-state index contributed by atoms with van der Waals surface area (Å²) in [6.07, 6.45) is 1.09. The van der Waals surface area contributed by atoms with Crippen LogP contribution in [0.2, 0.25) is 5.02 Å². The highest BCUT2D eigenvalue weighted by molar-refractivity contribution is 7.13. The molecule has 0 radical (unpaired) electrons. The number of carbonyl (C=O) groups is 3. The van der Waals surface area contributed by atoms with Crippen molar-refractivity contribution < 1.29 is 14.4 Å². The summed E-state index contributed by atoms with van der Waals surface area (Å²) in [6.45, 7) is 0. The van der Waals surface area contributed by atoms with Crippen molar-refractivity contribution in [1.82, 2.24) is 4.98 Å². The Bertz CT molecular complexity index is 766. The zero-order valence-corrected chi connectivity index (χ0v) is 15.0. The molecule has 24 heavy (non-hydrogen) atoms. The maximum absolute atomic E-state index is 12.4. The van der Waals surface area contributed by atoms with E-state index in [0.717, 1.165) is 0 Å². The van der Waals surface area contributed by atoms with Gasteiger partial charge in [-0.05, 0) is 18.2 Å². The van der Waals surface area contributed by atoms with Gasteiger partial charge in [-0.2, -0.15) is 0 Å². The van der Waals surface area contributed by atoms with E-state index in [2.05, 4.69) is 15.6 Å². The van der Waals surface area contributed by atoms with Crippen LogP contribution in [0.1, 0.15) is 16.8 Å². The Kier molecular flexibility index (Phi) is 6.56. The first kappa shape index (κ1) is 18.7. The van der Waals surface area contributed by atoms with E-state index in [-0.39, 0.29) is 16.3 Å². The van der Waals surface area contributed by atoms with E-state index in [1.807, 2.05) is 0 Å². The number of alkyl halides is 2. The Morgan fingerprint density at radius 3 is 2.58 bits per heavy atom. The molecular weight excluding hydrogens is 397 g/mol. The summed E-state index contributed by atoms with van der Waals surface area (Å²) in [7, 11) is 0. The number of thiazole rings is 1. The molecule has 1 heterocycles. The van der Waals surface area contributed by atoms with Crippen LogP contribution in [0.5, 0.6) is 0 Å². The Morgan fingerprint density at radius 1 is 1.21 bits per heavy atom. The molecule has 10 heteroatoms. The molecule has 2 rings (SSSR count). The number of amides is 2. The zero-order valence-electron chi connectivity index (χ0n) is 11.9. The molecule has 0 aliphatic heterocycles. The average Bonchev–Trinajstić information content (AvgIpc) is 3.01. The van der Waals surface area contributed by atoms with Gasteiger partial charge in [-0.3, -0.25) is 14.4 Å². The second-order valence-corrected chi connectivity index (χ2v) is 6.89. The largest absolute Gasteiger partial charge is 0.323 e. The number of nitrogens with zero attached hydrogens (tertiary/aromatic N) is 1. The maximum atomic E-state index is 12.4. The summed E-state index contributed by atoms with van der Waals surface area (Å²) >= 11 is 18.1. The van der Waals surface area contributed by atoms with Gasteiger partial charge in [0.2, 0.25) is 5.91 Å². The number of halogens is 3. The predicted octanol–water partition coefficient (Wildman–Crippen LogP) is 3.75. The van der Waals surface area contributed by atoms with Crippen molar-refractivity contribution in [3.05, 3.63) is 40.4 Å². The Balaban J connectivity index is 2.14. The van der Waals surface area contributed by atoms with Gasteiger partial charge >= 0.3 is 0 Å². The minimum atomic E-state index is -1.29. The van der Waals surface area contributed by atoms with E-state index in [1.165, 1.54) is 35.7 Å². The van der Waals surface area contributed by atoms with Crippen molar-refractivity contribution in [1.29, 1.82) is 0 Å². The molecule has 1 aromatic heterocycles. The van der Waals surface area contributed by atoms with Crippen LogP contribution >= 0.6 is 46.1 Å². The molecule has 0 bridgehead atoms. The molecule has 2 aromatic rings. The number of nitrogens with one attached hydrogen (secondary N) is 2. The smallest absolute Gasteiger partial charge is 0.257 e. The fraction of sp³-hybridized carbons (Fsp3) is 0.143. The van der Waals surface area contributed by atoms with E-state index in [1.54, 1.807) is 5.38 Å². The van der Waals surface area contributed by atoms with Crippen LogP contribution in [0.15, 0.2) is 29.8 Å². The van der Waals surface area contributed by atoms with Crippen molar-refractivity contribution in [2.45, 2.75) is 11.3 Å². The fourth-order valence-corrected chi connectivity index (χ4v) is 2.56. The molecule has 0 fully saturated rings. The molecular formula is C14H10Cl3N3O3S. The number of ketones is 1. The van der Waals surface area contributed by atoms with Crippen LogP contribution in [0.4, 0.5) is 10.8 Å². The number of rotatable bonds is 6. The lowest BCUT2D eigenvalue weighted by atomic mass is 10.1. The summed E-state index contributed by atoms with van der Waals surface area (Å²) in [5.41, 5.74) is 0.252. The summed E-state index contributed by atoms with van der Waals surface area (Å²) in [5, 5.41) is 7.28. The summed E-state index contributed by atoms with van der Waals surface area (Å²) in [4.78, 5) is 38.4. The number of aromatic nitrogens is 1. The zero-order chi connectivity index (χ0) is 17.7. The molecule has 2 N–H and O–H groups in total. The molecule has 126 valence electrons. The monoisotopic (exact) mass is 405 g/mol. The summed E-state index contributed by atoms with van der Waals surface area (Å²) in [5.74, 6) is -1.75. The lowest BCUT2D eigenvalue weighted by molar-refractivity contribution is -0.115. The van der Waals surface area contributed by atoms with Crippen LogP contribution in [0.3, 0.4) is 0 Å². The van der Waals surface area contributed by atoms with Crippen molar-refractivity contribution in [3.63, 3.8) is 0 Å². The van der Waals surface area contributed by atoms with Crippen LogP contribution in [0, 0.1) is 0 Å². The first-order valence-corrected chi connectivity index (χ1v) is 8.61. The van der Waals surface area contributed by atoms with E-state index in [4.69, 9.17) is 34.8 Å². The number of hydrogen-bond acceptors (Lipinski definition) is 5. The first-order valence-electron chi connectivity index (χ1n) is 6.48. The number of benzene rings is 1. The van der Waals surface area contributed by atoms with E-state index in [9.17, 15) is 14.4 Å². The molecule has 0 unspecified atom stereocenters. The van der Waals surface area contributed by atoms with Crippen LogP contribution < -0.4 is 10.6 Å². The number of hydrogen-bond donors (Lipinski definition) is 2. The minimum absolute atomic E-state index is 0.0825. The van der Waals surface area contributed by atoms with Gasteiger partial charge in [0, 0.05) is 22.2 Å². The van der Waals surface area contributed by atoms with E-state index >= 15 is 0 Å². The minimum Gasteiger partial charge on any atom is -0.323 e. The first-order chi connectivity index (χ1) is 11.4. The third kappa shape index (κ3) is 5.17. The molecule has 0 aliphatic carbocycles. The number of Topliss-reactive ketones (excluding diaryl/α,β-unsaturated/α-hetero) is 1. The van der Waals surface area contributed by atoms with Gasteiger partial charge in [-0.25, -0.2) is 4.98 Å². The number of carbonyl (C=O) groups excluding carboxylic acids is 3. The summed E-state index contributed by atoms with van der Waals surface area (Å²) in [6, 6.07) is 4.27. The third-order valence-corrected chi connectivity index (χ3v) is 4.06. The topological polar surface area (TPSA) is 88.2 Å². The highest BCUT2D eigenvalue weighted by Gasteiger charge is 2.19. The van der Waals surface area contributed by atoms with Crippen LogP contribution in [-0.4, -0.2) is 27.4 Å². The van der Waals surface area contributed by atoms with Gasteiger partial charge in [0.05, 0.1) is 12.1 Å². The fourth-order valence-electron chi connectivity index (χ4n) is 1.73. The third-order valence-electron chi connectivity index (χ3n) is 2.74. The highest BCUT2D eigenvalue weighted by atomic mass is 35.5. The molecule has 0 aliphatic rings. The van der Waals surface area contributed by atoms with E-state index in [0.29, 0.717) is 5.13 Å². The van der Waals surface area contributed by atoms with Crippen molar-refractivity contribution in [3.8, 4) is 0 Å². The van der Waals surface area contributed by atoms with Crippen molar-refractivity contribution in [2.75, 3.05) is 10.6 Å². The lowest BCUT2D eigenvalue weighted by Gasteiger charge is -2.11. The van der Waals surface area contributed by atoms with Gasteiger partial charge in [0.15, 0.2) is 15.8 Å². The lowest BCUT2D eigenvalue weighted by Crippen LogP contribution is -2.22. The van der Waals surface area contributed by atoms with E-state index < -0.39 is 28.9 Å². The van der Waals surface area contributed by atoms with Gasteiger partial charge < -0.3 is 10.6 Å². The molecule has 2 amide bonds. The second-order valence-electron chi connectivity index (χ2n) is 4.47. The van der Waals surface area contributed by atoms with Crippen LogP contribution in [0.25, 0.3) is 0 Å². The van der Waals surface area contributed by atoms with Gasteiger partial charge in [-0.15, -0.1) is 11.3 Å². The van der Waals surface area contributed by atoms with Crippen LogP contribution in [-0.2, 0) is 9.59 Å². The Morgan fingerprint density at radius 2 is 1.96 bits per heavy atom. The highest BCUT2D eigenvalue weighted by Crippen LogP contribution is 2.23. The van der Waals surface area contributed by atoms with Crippen molar-refractivity contribution in [2.24, 2.45) is 0 Å². The molecule has 0 saturated heterocycles. The van der Waals surface area contributed by atoms with Crippen molar-refractivity contribution >= 4 is 74.6 Å². The average molecular weight is 407 g/mol. The summed E-state index contributed by atoms with van der Waals surface area (Å²) < 4.78 is 0. The predicted molar refractivity (Wildman–Crippen MR) is 95.3 cm³/mol. The molecule has 0 atom stereocenters. The second kappa shape index (κ2) is 8.43. The van der Waals surface area contributed by atoms with Gasteiger partial charge in [0.1, 0.15) is 0 Å². The normalized spacial score (nSPS) is 10.5.